The van der Waals surface area contributed by atoms with Gasteiger partial charge in [0.05, 0.1) is 12.1 Å². The Bertz CT molecular complexity index is 651. The molecule has 0 fully saturated rings. The maximum absolute atomic E-state index is 14.0. The average Bonchev–Trinajstić information content (AvgIpc) is 2.80. The van der Waals surface area contributed by atoms with Crippen molar-refractivity contribution < 1.29 is 13.6 Å². The van der Waals surface area contributed by atoms with Crippen LogP contribution in [0.1, 0.15) is 35.7 Å². The fourth-order valence-corrected chi connectivity index (χ4v) is 2.38. The smallest absolute Gasteiger partial charge is 0.257 e. The lowest BCUT2D eigenvalue weighted by atomic mass is 10.1. The van der Waals surface area contributed by atoms with Gasteiger partial charge in [-0.25, -0.2) is 4.39 Å². The normalized spacial score (nSPS) is 11.0. The molecule has 5 heteroatoms. The summed E-state index contributed by atoms with van der Waals surface area (Å²) in [5.74, 6) is 0.600. The number of hydrogen-bond acceptors (Lipinski definition) is 2. The summed E-state index contributed by atoms with van der Waals surface area (Å²) in [6.45, 7) is 5.95. The van der Waals surface area contributed by atoms with Gasteiger partial charge in [-0.3, -0.25) is 4.79 Å². The van der Waals surface area contributed by atoms with E-state index in [0.717, 1.165) is 5.76 Å². The molecule has 0 spiro atoms. The quantitative estimate of drug-likeness (QED) is 0.808. The van der Waals surface area contributed by atoms with Crippen molar-refractivity contribution in [3.05, 3.63) is 57.7 Å². The summed E-state index contributed by atoms with van der Waals surface area (Å²) in [6, 6.07) is 8.05. The van der Waals surface area contributed by atoms with Gasteiger partial charge in [0.2, 0.25) is 0 Å². The van der Waals surface area contributed by atoms with Crippen LogP contribution < -0.4 is 0 Å². The molecule has 1 amide bonds. The second-order valence-electron chi connectivity index (χ2n) is 5.16. The monoisotopic (exact) mass is 353 g/mol. The summed E-state index contributed by atoms with van der Waals surface area (Å²) in [5.41, 5.74) is 0.0650. The van der Waals surface area contributed by atoms with Gasteiger partial charge in [-0.1, -0.05) is 15.9 Å². The first-order valence-electron chi connectivity index (χ1n) is 6.70. The first-order valence-corrected chi connectivity index (χ1v) is 7.49. The molecule has 0 N–H and O–H groups in total. The lowest BCUT2D eigenvalue weighted by molar-refractivity contribution is 0.0670. The maximum Gasteiger partial charge on any atom is 0.257 e. The molecule has 1 aromatic carbocycles. The first-order chi connectivity index (χ1) is 9.88. The predicted molar refractivity (Wildman–Crippen MR) is 82.6 cm³/mol. The molecule has 2 rings (SSSR count). The third-order valence-electron chi connectivity index (χ3n) is 3.17. The fourth-order valence-electron chi connectivity index (χ4n) is 2.04. The SMILES string of the molecule is Cc1ccc(CN(C(=O)c2ccc(Br)cc2F)C(C)C)o1. The standard InChI is InChI=1S/C16H17BrFNO2/c1-10(2)19(9-13-6-4-11(3)21-13)16(20)14-7-5-12(17)8-15(14)18/h4-8,10H,9H2,1-3H3. The number of carbonyl (C=O) groups is 1. The Morgan fingerprint density at radius 1 is 1.33 bits per heavy atom. The Morgan fingerprint density at radius 2 is 2.05 bits per heavy atom. The molecule has 112 valence electrons. The van der Waals surface area contributed by atoms with Gasteiger partial charge in [0.1, 0.15) is 17.3 Å². The lowest BCUT2D eigenvalue weighted by Gasteiger charge is -2.26. The van der Waals surface area contributed by atoms with E-state index in [9.17, 15) is 9.18 Å². The van der Waals surface area contributed by atoms with Crippen LogP contribution in [-0.2, 0) is 6.54 Å². The van der Waals surface area contributed by atoms with Crippen molar-refractivity contribution in [2.24, 2.45) is 0 Å². The second-order valence-corrected chi connectivity index (χ2v) is 6.08. The molecule has 0 unspecified atom stereocenters. The van der Waals surface area contributed by atoms with E-state index in [2.05, 4.69) is 15.9 Å². The van der Waals surface area contributed by atoms with Crippen LogP contribution in [0.5, 0.6) is 0 Å². The summed E-state index contributed by atoms with van der Waals surface area (Å²) < 4.78 is 20.1. The molecule has 3 nitrogen and oxygen atoms in total. The Kier molecular flexibility index (Phi) is 4.83. The molecule has 0 radical (unpaired) electrons. The minimum Gasteiger partial charge on any atom is -0.464 e. The zero-order valence-electron chi connectivity index (χ0n) is 12.2. The van der Waals surface area contributed by atoms with Crippen LogP contribution in [0.25, 0.3) is 0 Å². The molecule has 0 aliphatic heterocycles. The van der Waals surface area contributed by atoms with Crippen molar-refractivity contribution in [2.75, 3.05) is 0 Å². The van der Waals surface area contributed by atoms with E-state index in [1.54, 1.807) is 11.0 Å². The number of furan rings is 1. The van der Waals surface area contributed by atoms with Gasteiger partial charge in [-0.15, -0.1) is 0 Å². The highest BCUT2D eigenvalue weighted by molar-refractivity contribution is 9.10. The average molecular weight is 354 g/mol. The molecule has 0 aliphatic rings. The van der Waals surface area contributed by atoms with E-state index in [1.165, 1.54) is 12.1 Å². The maximum atomic E-state index is 14.0. The Morgan fingerprint density at radius 3 is 2.57 bits per heavy atom. The highest BCUT2D eigenvalue weighted by atomic mass is 79.9. The van der Waals surface area contributed by atoms with E-state index in [4.69, 9.17) is 4.42 Å². The number of rotatable bonds is 4. The number of amides is 1. The van der Waals surface area contributed by atoms with Gasteiger partial charge in [0, 0.05) is 10.5 Å². The van der Waals surface area contributed by atoms with Crippen molar-refractivity contribution in [1.29, 1.82) is 0 Å². The third kappa shape index (κ3) is 3.73. The predicted octanol–water partition coefficient (Wildman–Crippen LogP) is 4.54. The largest absolute Gasteiger partial charge is 0.464 e. The van der Waals surface area contributed by atoms with Crippen molar-refractivity contribution >= 4 is 21.8 Å². The number of hydrogen-bond donors (Lipinski definition) is 0. The van der Waals surface area contributed by atoms with E-state index in [0.29, 0.717) is 16.8 Å². The number of aryl methyl sites for hydroxylation is 1. The minimum atomic E-state index is -0.532. The van der Waals surface area contributed by atoms with Crippen LogP contribution in [-0.4, -0.2) is 16.8 Å². The van der Waals surface area contributed by atoms with Crippen molar-refractivity contribution in [3.63, 3.8) is 0 Å². The van der Waals surface area contributed by atoms with Crippen molar-refractivity contribution in [2.45, 2.75) is 33.4 Å². The molecule has 0 atom stereocenters. The number of halogens is 2. The molecule has 21 heavy (non-hydrogen) atoms. The van der Waals surface area contributed by atoms with Crippen LogP contribution in [0.3, 0.4) is 0 Å². The summed E-state index contributed by atoms with van der Waals surface area (Å²) in [6.07, 6.45) is 0. The first kappa shape index (κ1) is 15.8. The van der Waals surface area contributed by atoms with Crippen LogP contribution in [0.2, 0.25) is 0 Å². The van der Waals surface area contributed by atoms with E-state index in [1.807, 2.05) is 32.9 Å². The molecule has 1 aromatic heterocycles. The van der Waals surface area contributed by atoms with Gasteiger partial charge in [-0.2, -0.15) is 0 Å². The van der Waals surface area contributed by atoms with E-state index < -0.39 is 5.82 Å². The molecule has 2 aromatic rings. The van der Waals surface area contributed by atoms with E-state index in [-0.39, 0.29) is 17.5 Å². The van der Waals surface area contributed by atoms with Crippen molar-refractivity contribution in [3.8, 4) is 0 Å². The number of carbonyl (C=O) groups excluding carboxylic acids is 1. The van der Waals surface area contributed by atoms with Crippen molar-refractivity contribution in [1.82, 2.24) is 4.90 Å². The van der Waals surface area contributed by atoms with Gasteiger partial charge in [0.15, 0.2) is 0 Å². The molecule has 1 heterocycles. The second kappa shape index (κ2) is 6.43. The van der Waals surface area contributed by atoms with Crippen LogP contribution >= 0.6 is 15.9 Å². The number of nitrogens with zero attached hydrogens (tertiary/aromatic N) is 1. The summed E-state index contributed by atoms with van der Waals surface area (Å²) in [7, 11) is 0. The Labute approximate surface area is 131 Å². The summed E-state index contributed by atoms with van der Waals surface area (Å²) in [4.78, 5) is 14.1. The fraction of sp³-hybridized carbons (Fsp3) is 0.312. The van der Waals surface area contributed by atoms with Gasteiger partial charge < -0.3 is 9.32 Å². The van der Waals surface area contributed by atoms with Crippen LogP contribution in [0, 0.1) is 12.7 Å². The van der Waals surface area contributed by atoms with Gasteiger partial charge in [0.25, 0.3) is 5.91 Å². The number of benzene rings is 1. The van der Waals surface area contributed by atoms with Gasteiger partial charge >= 0.3 is 0 Å². The Balaban J connectivity index is 2.27. The lowest BCUT2D eigenvalue weighted by Crippen LogP contribution is -2.36. The molecular weight excluding hydrogens is 337 g/mol. The van der Waals surface area contributed by atoms with Crippen LogP contribution in [0.4, 0.5) is 4.39 Å². The summed E-state index contributed by atoms with van der Waals surface area (Å²) in [5, 5.41) is 0. The minimum absolute atomic E-state index is 0.0639. The molecule has 0 bridgehead atoms. The zero-order valence-corrected chi connectivity index (χ0v) is 13.8. The van der Waals surface area contributed by atoms with Gasteiger partial charge in [-0.05, 0) is 51.1 Å². The molecule has 0 aliphatic carbocycles. The Hall–Kier alpha value is -1.62. The highest BCUT2D eigenvalue weighted by Crippen LogP contribution is 2.20. The van der Waals surface area contributed by atoms with E-state index >= 15 is 0 Å². The zero-order chi connectivity index (χ0) is 15.6. The third-order valence-corrected chi connectivity index (χ3v) is 3.66. The molecule has 0 saturated heterocycles. The highest BCUT2D eigenvalue weighted by Gasteiger charge is 2.23. The van der Waals surface area contributed by atoms with Crippen LogP contribution in [0.15, 0.2) is 39.2 Å². The summed E-state index contributed by atoms with van der Waals surface area (Å²) >= 11 is 3.19. The molecule has 0 saturated carbocycles. The molecular formula is C16H17BrFNO2. The topological polar surface area (TPSA) is 33.5 Å².